The average Bonchev–Trinajstić information content (AvgIpc) is 2.64. The molecule has 0 atom stereocenters. The van der Waals surface area contributed by atoms with E-state index in [1.165, 1.54) is 18.2 Å². The number of hydrogen-bond acceptors (Lipinski definition) is 4. The van der Waals surface area contributed by atoms with Crippen LogP contribution in [0.1, 0.15) is 21.7 Å². The van der Waals surface area contributed by atoms with E-state index in [0.29, 0.717) is 17.1 Å². The number of amides is 1. The Labute approximate surface area is 104 Å². The van der Waals surface area contributed by atoms with Gasteiger partial charge in [0, 0.05) is 5.69 Å². The number of rotatable bonds is 2. The Morgan fingerprint density at radius 2 is 2.17 bits per heavy atom. The summed E-state index contributed by atoms with van der Waals surface area (Å²) in [6.07, 6.45) is 0. The number of nitrogen functional groups attached to an aromatic ring is 1. The molecule has 6 nitrogen and oxygen atoms in total. The molecule has 94 valence electrons. The number of nitrogens with one attached hydrogen (secondary N) is 2. The van der Waals surface area contributed by atoms with Gasteiger partial charge in [-0.3, -0.25) is 9.89 Å². The van der Waals surface area contributed by atoms with Gasteiger partial charge in [0.1, 0.15) is 5.75 Å². The summed E-state index contributed by atoms with van der Waals surface area (Å²) < 4.78 is 0. The molecule has 1 heterocycles. The van der Waals surface area contributed by atoms with Crippen LogP contribution in [0.3, 0.4) is 0 Å². The lowest BCUT2D eigenvalue weighted by Gasteiger charge is -2.08. The third kappa shape index (κ3) is 2.13. The minimum Gasteiger partial charge on any atom is -0.508 e. The van der Waals surface area contributed by atoms with Crippen molar-refractivity contribution in [3.05, 3.63) is 35.2 Å². The molecule has 1 aromatic carbocycles. The van der Waals surface area contributed by atoms with E-state index in [-0.39, 0.29) is 17.2 Å². The molecular formula is C12H14N4O2. The maximum absolute atomic E-state index is 12.0. The van der Waals surface area contributed by atoms with Gasteiger partial charge in [0.05, 0.1) is 22.6 Å². The molecule has 0 saturated carbocycles. The van der Waals surface area contributed by atoms with Crippen molar-refractivity contribution in [2.45, 2.75) is 13.8 Å². The number of nitrogens with two attached hydrogens (primary N) is 1. The van der Waals surface area contributed by atoms with E-state index >= 15 is 0 Å². The van der Waals surface area contributed by atoms with E-state index in [2.05, 4.69) is 15.5 Å². The Kier molecular flexibility index (Phi) is 2.93. The second kappa shape index (κ2) is 4.40. The van der Waals surface area contributed by atoms with Crippen LogP contribution in [0.4, 0.5) is 11.4 Å². The third-order valence-corrected chi connectivity index (χ3v) is 2.65. The molecule has 0 aliphatic rings. The van der Waals surface area contributed by atoms with Crippen LogP contribution in [0.5, 0.6) is 5.75 Å². The van der Waals surface area contributed by atoms with Crippen LogP contribution in [-0.2, 0) is 0 Å². The molecule has 0 saturated heterocycles. The summed E-state index contributed by atoms with van der Waals surface area (Å²) in [7, 11) is 0. The molecule has 18 heavy (non-hydrogen) atoms. The number of aromatic nitrogens is 2. The lowest BCUT2D eigenvalue weighted by Crippen LogP contribution is -2.14. The first-order chi connectivity index (χ1) is 8.49. The van der Waals surface area contributed by atoms with E-state index in [1.54, 1.807) is 13.8 Å². The quantitative estimate of drug-likeness (QED) is 0.477. The van der Waals surface area contributed by atoms with Crippen LogP contribution in [0.15, 0.2) is 18.2 Å². The Bertz CT molecular complexity index is 585. The van der Waals surface area contributed by atoms with Gasteiger partial charge in [0.25, 0.3) is 5.91 Å². The number of phenolic OH excluding ortho intramolecular Hbond substituents is 1. The lowest BCUT2D eigenvalue weighted by atomic mass is 10.1. The van der Waals surface area contributed by atoms with Crippen LogP contribution in [0.25, 0.3) is 0 Å². The van der Waals surface area contributed by atoms with Gasteiger partial charge < -0.3 is 16.2 Å². The predicted molar refractivity (Wildman–Crippen MR) is 68.5 cm³/mol. The average molecular weight is 246 g/mol. The fourth-order valence-electron chi connectivity index (χ4n) is 1.66. The summed E-state index contributed by atoms with van der Waals surface area (Å²) in [4.78, 5) is 12.0. The van der Waals surface area contributed by atoms with Gasteiger partial charge in [-0.1, -0.05) is 0 Å². The fraction of sp³-hybridized carbons (Fsp3) is 0.167. The predicted octanol–water partition coefficient (Wildman–Crippen LogP) is 1.57. The Morgan fingerprint density at radius 1 is 1.44 bits per heavy atom. The van der Waals surface area contributed by atoms with Crippen molar-refractivity contribution in [3.63, 3.8) is 0 Å². The normalized spacial score (nSPS) is 10.3. The molecule has 1 amide bonds. The van der Waals surface area contributed by atoms with Crippen LogP contribution in [0.2, 0.25) is 0 Å². The first-order valence-electron chi connectivity index (χ1n) is 5.40. The zero-order chi connectivity index (χ0) is 13.3. The number of aryl methyl sites for hydroxylation is 2. The van der Waals surface area contributed by atoms with Crippen molar-refractivity contribution >= 4 is 17.3 Å². The summed E-state index contributed by atoms with van der Waals surface area (Å²) in [5, 5.41) is 18.8. The molecule has 6 heteroatoms. The monoisotopic (exact) mass is 246 g/mol. The molecule has 2 rings (SSSR count). The molecule has 0 radical (unpaired) electrons. The number of phenols is 1. The second-order valence-electron chi connectivity index (χ2n) is 4.03. The second-order valence-corrected chi connectivity index (χ2v) is 4.03. The van der Waals surface area contributed by atoms with Crippen molar-refractivity contribution in [2.75, 3.05) is 11.1 Å². The number of H-pyrrole nitrogens is 1. The van der Waals surface area contributed by atoms with Gasteiger partial charge in [0.15, 0.2) is 0 Å². The summed E-state index contributed by atoms with van der Waals surface area (Å²) >= 11 is 0. The summed E-state index contributed by atoms with van der Waals surface area (Å²) in [6, 6.07) is 4.25. The minimum absolute atomic E-state index is 0.00464. The summed E-state index contributed by atoms with van der Waals surface area (Å²) in [5.74, 6) is -0.383. The standard InChI is InChI=1S/C12H14N4O2/c1-6-11(7(2)16-15-6)14-12(18)9-5-8(17)3-4-10(9)13/h3-5,17H,13H2,1-2H3,(H,14,18)(H,15,16). The Morgan fingerprint density at radius 3 is 2.78 bits per heavy atom. The molecule has 0 spiro atoms. The highest BCUT2D eigenvalue weighted by molar-refractivity contribution is 6.08. The Balaban J connectivity index is 2.30. The van der Waals surface area contributed by atoms with E-state index < -0.39 is 0 Å². The van der Waals surface area contributed by atoms with Crippen molar-refractivity contribution in [1.29, 1.82) is 0 Å². The van der Waals surface area contributed by atoms with Crippen molar-refractivity contribution in [1.82, 2.24) is 10.2 Å². The zero-order valence-electron chi connectivity index (χ0n) is 10.1. The van der Waals surface area contributed by atoms with Crippen LogP contribution in [0, 0.1) is 13.8 Å². The number of benzene rings is 1. The van der Waals surface area contributed by atoms with Crippen molar-refractivity contribution < 1.29 is 9.90 Å². The number of carbonyl (C=O) groups excluding carboxylic acids is 1. The number of hydrogen-bond donors (Lipinski definition) is 4. The topological polar surface area (TPSA) is 104 Å². The molecular weight excluding hydrogens is 232 g/mol. The SMILES string of the molecule is Cc1n[nH]c(C)c1NC(=O)c1cc(O)ccc1N. The molecule has 0 unspecified atom stereocenters. The van der Waals surface area contributed by atoms with E-state index in [1.807, 2.05) is 0 Å². The summed E-state index contributed by atoms with van der Waals surface area (Å²) in [5.41, 5.74) is 8.33. The van der Waals surface area contributed by atoms with Crippen molar-refractivity contribution in [2.24, 2.45) is 0 Å². The minimum atomic E-state index is -0.379. The maximum atomic E-state index is 12.0. The van der Waals surface area contributed by atoms with Gasteiger partial charge in [-0.15, -0.1) is 0 Å². The molecule has 0 aliphatic heterocycles. The smallest absolute Gasteiger partial charge is 0.257 e. The highest BCUT2D eigenvalue weighted by atomic mass is 16.3. The molecule has 1 aromatic heterocycles. The van der Waals surface area contributed by atoms with Crippen molar-refractivity contribution in [3.8, 4) is 5.75 Å². The largest absolute Gasteiger partial charge is 0.508 e. The molecule has 0 bridgehead atoms. The lowest BCUT2D eigenvalue weighted by molar-refractivity contribution is 0.102. The van der Waals surface area contributed by atoms with E-state index in [0.717, 1.165) is 5.69 Å². The molecule has 5 N–H and O–H groups in total. The van der Waals surface area contributed by atoms with Crippen LogP contribution < -0.4 is 11.1 Å². The number of aromatic amines is 1. The zero-order valence-corrected chi connectivity index (χ0v) is 10.1. The molecule has 0 fully saturated rings. The highest BCUT2D eigenvalue weighted by Gasteiger charge is 2.14. The van der Waals surface area contributed by atoms with Gasteiger partial charge in [-0.2, -0.15) is 5.10 Å². The number of aromatic hydroxyl groups is 1. The molecule has 2 aromatic rings. The van der Waals surface area contributed by atoms with Crippen LogP contribution in [-0.4, -0.2) is 21.2 Å². The number of nitrogens with zero attached hydrogens (tertiary/aromatic N) is 1. The van der Waals surface area contributed by atoms with Gasteiger partial charge in [0.2, 0.25) is 0 Å². The number of anilines is 2. The first kappa shape index (κ1) is 12.0. The highest BCUT2D eigenvalue weighted by Crippen LogP contribution is 2.22. The summed E-state index contributed by atoms with van der Waals surface area (Å²) in [6.45, 7) is 3.59. The van der Waals surface area contributed by atoms with Gasteiger partial charge >= 0.3 is 0 Å². The maximum Gasteiger partial charge on any atom is 0.257 e. The van der Waals surface area contributed by atoms with Gasteiger partial charge in [-0.25, -0.2) is 0 Å². The van der Waals surface area contributed by atoms with Crippen LogP contribution >= 0.6 is 0 Å². The fourth-order valence-corrected chi connectivity index (χ4v) is 1.66. The Hall–Kier alpha value is -2.50. The van der Waals surface area contributed by atoms with Gasteiger partial charge in [-0.05, 0) is 32.0 Å². The molecule has 0 aliphatic carbocycles. The number of carbonyl (C=O) groups is 1. The third-order valence-electron chi connectivity index (χ3n) is 2.65. The first-order valence-corrected chi connectivity index (χ1v) is 5.40. The van der Waals surface area contributed by atoms with E-state index in [9.17, 15) is 9.90 Å². The van der Waals surface area contributed by atoms with E-state index in [4.69, 9.17) is 5.73 Å².